The van der Waals surface area contributed by atoms with Crippen LogP contribution in [0.1, 0.15) is 27.1 Å². The Balaban J connectivity index is 1.64. The molecule has 0 aliphatic carbocycles. The van der Waals surface area contributed by atoms with Crippen LogP contribution in [0.3, 0.4) is 0 Å². The van der Waals surface area contributed by atoms with Crippen molar-refractivity contribution >= 4 is 17.5 Å². The van der Waals surface area contributed by atoms with E-state index in [1.165, 1.54) is 4.90 Å². The summed E-state index contributed by atoms with van der Waals surface area (Å²) in [6, 6.07) is 13.7. The SMILES string of the molecule is NC1CN(C(=O)c2ccc(NC(=O)c3ccccc3)cc2)CCC1(F)F. The Labute approximate surface area is 149 Å². The van der Waals surface area contributed by atoms with Crippen molar-refractivity contribution in [3.8, 4) is 0 Å². The van der Waals surface area contributed by atoms with Gasteiger partial charge in [-0.2, -0.15) is 0 Å². The number of carbonyl (C=O) groups is 2. The van der Waals surface area contributed by atoms with Gasteiger partial charge in [-0.3, -0.25) is 9.59 Å². The van der Waals surface area contributed by atoms with Crippen LogP contribution in [0.25, 0.3) is 0 Å². The highest BCUT2D eigenvalue weighted by Crippen LogP contribution is 2.28. The number of benzene rings is 2. The van der Waals surface area contributed by atoms with E-state index in [2.05, 4.69) is 5.32 Å². The summed E-state index contributed by atoms with van der Waals surface area (Å²) in [5, 5.41) is 2.74. The molecule has 1 aliphatic heterocycles. The lowest BCUT2D eigenvalue weighted by Gasteiger charge is -2.36. The van der Waals surface area contributed by atoms with Crippen LogP contribution in [-0.4, -0.2) is 41.8 Å². The Bertz CT molecular complexity index is 794. The van der Waals surface area contributed by atoms with E-state index < -0.39 is 18.4 Å². The molecule has 2 aromatic rings. The van der Waals surface area contributed by atoms with E-state index in [9.17, 15) is 18.4 Å². The van der Waals surface area contributed by atoms with Crippen LogP contribution in [0.2, 0.25) is 0 Å². The molecule has 7 heteroatoms. The van der Waals surface area contributed by atoms with Crippen LogP contribution in [-0.2, 0) is 0 Å². The van der Waals surface area contributed by atoms with Crippen molar-refractivity contribution in [1.29, 1.82) is 0 Å². The van der Waals surface area contributed by atoms with Crippen molar-refractivity contribution in [2.24, 2.45) is 5.73 Å². The minimum absolute atomic E-state index is 0.0357. The van der Waals surface area contributed by atoms with Crippen LogP contribution in [0.5, 0.6) is 0 Å². The van der Waals surface area contributed by atoms with Crippen molar-refractivity contribution in [2.45, 2.75) is 18.4 Å². The van der Waals surface area contributed by atoms with Gasteiger partial charge in [-0.05, 0) is 36.4 Å². The van der Waals surface area contributed by atoms with Gasteiger partial charge >= 0.3 is 0 Å². The highest BCUT2D eigenvalue weighted by Gasteiger charge is 2.43. The minimum atomic E-state index is -2.94. The normalized spacial score (nSPS) is 19.0. The predicted octanol–water partition coefficient (Wildman–Crippen LogP) is 2.75. The average molecular weight is 359 g/mol. The molecule has 0 spiro atoms. The molecule has 3 rings (SSSR count). The van der Waals surface area contributed by atoms with Gasteiger partial charge in [0.1, 0.15) is 0 Å². The molecule has 136 valence electrons. The first kappa shape index (κ1) is 18.0. The number of anilines is 1. The monoisotopic (exact) mass is 359 g/mol. The first-order valence-electron chi connectivity index (χ1n) is 8.26. The van der Waals surface area contributed by atoms with E-state index >= 15 is 0 Å². The topological polar surface area (TPSA) is 75.4 Å². The minimum Gasteiger partial charge on any atom is -0.337 e. The number of nitrogens with two attached hydrogens (primary N) is 1. The summed E-state index contributed by atoms with van der Waals surface area (Å²) in [5.41, 5.74) is 6.89. The number of nitrogens with zero attached hydrogens (tertiary/aromatic N) is 1. The van der Waals surface area contributed by atoms with E-state index in [1.54, 1.807) is 48.5 Å². The summed E-state index contributed by atoms with van der Waals surface area (Å²) < 4.78 is 26.9. The number of hydrogen-bond donors (Lipinski definition) is 2. The maximum atomic E-state index is 13.4. The predicted molar refractivity (Wildman–Crippen MR) is 94.3 cm³/mol. The molecule has 2 amide bonds. The van der Waals surface area contributed by atoms with E-state index in [0.717, 1.165) is 0 Å². The lowest BCUT2D eigenvalue weighted by Crippen LogP contribution is -2.56. The fourth-order valence-electron chi connectivity index (χ4n) is 2.79. The third kappa shape index (κ3) is 3.88. The molecule has 0 bridgehead atoms. The molecular formula is C19H19F2N3O2. The highest BCUT2D eigenvalue weighted by atomic mass is 19.3. The van der Waals surface area contributed by atoms with Gasteiger partial charge in [0.2, 0.25) is 0 Å². The Morgan fingerprint density at radius 2 is 1.69 bits per heavy atom. The van der Waals surface area contributed by atoms with Gasteiger partial charge in [0.15, 0.2) is 0 Å². The van der Waals surface area contributed by atoms with E-state index in [-0.39, 0.29) is 24.9 Å². The van der Waals surface area contributed by atoms with Gasteiger partial charge in [0.05, 0.1) is 6.04 Å². The standard InChI is InChI=1S/C19H19F2N3O2/c20-19(21)10-11-24(12-16(19)22)18(26)14-6-8-15(9-7-14)23-17(25)13-4-2-1-3-5-13/h1-9,16H,10-12,22H2,(H,23,25). The van der Waals surface area contributed by atoms with E-state index in [1.807, 2.05) is 6.07 Å². The van der Waals surface area contributed by atoms with Gasteiger partial charge in [0.25, 0.3) is 17.7 Å². The second kappa shape index (κ2) is 7.21. The largest absolute Gasteiger partial charge is 0.337 e. The molecule has 1 heterocycles. The summed E-state index contributed by atoms with van der Waals surface area (Å²) in [5.74, 6) is -3.55. The summed E-state index contributed by atoms with van der Waals surface area (Å²) in [6.45, 7) is -0.218. The number of amides is 2. The molecule has 3 N–H and O–H groups in total. The van der Waals surface area contributed by atoms with Crippen molar-refractivity contribution in [3.05, 3.63) is 65.7 Å². The van der Waals surface area contributed by atoms with Crippen molar-refractivity contribution in [3.63, 3.8) is 0 Å². The summed E-state index contributed by atoms with van der Waals surface area (Å²) in [6.07, 6.45) is -0.439. The van der Waals surface area contributed by atoms with Gasteiger partial charge in [0, 0.05) is 36.3 Å². The number of rotatable bonds is 3. The number of likely N-dealkylation sites (tertiary alicyclic amines) is 1. The van der Waals surface area contributed by atoms with Gasteiger partial charge in [-0.15, -0.1) is 0 Å². The second-order valence-corrected chi connectivity index (χ2v) is 6.27. The molecule has 2 aromatic carbocycles. The molecule has 0 radical (unpaired) electrons. The number of carbonyl (C=O) groups excluding carboxylic acids is 2. The maximum absolute atomic E-state index is 13.4. The smallest absolute Gasteiger partial charge is 0.266 e. The zero-order valence-corrected chi connectivity index (χ0v) is 14.0. The second-order valence-electron chi connectivity index (χ2n) is 6.27. The number of alkyl halides is 2. The average Bonchev–Trinajstić information content (AvgIpc) is 2.65. The van der Waals surface area contributed by atoms with Crippen molar-refractivity contribution in [1.82, 2.24) is 4.90 Å². The Morgan fingerprint density at radius 3 is 2.31 bits per heavy atom. The van der Waals surface area contributed by atoms with Crippen LogP contribution in [0.4, 0.5) is 14.5 Å². The summed E-state index contributed by atoms with van der Waals surface area (Å²) in [7, 11) is 0. The number of hydrogen-bond acceptors (Lipinski definition) is 3. The molecule has 1 saturated heterocycles. The van der Waals surface area contributed by atoms with Crippen LogP contribution in [0.15, 0.2) is 54.6 Å². The van der Waals surface area contributed by atoms with Crippen LogP contribution < -0.4 is 11.1 Å². The summed E-state index contributed by atoms with van der Waals surface area (Å²) in [4.78, 5) is 25.9. The molecule has 26 heavy (non-hydrogen) atoms. The first-order valence-corrected chi connectivity index (χ1v) is 8.26. The van der Waals surface area contributed by atoms with Gasteiger partial charge < -0.3 is 16.0 Å². The molecule has 1 fully saturated rings. The van der Waals surface area contributed by atoms with Crippen molar-refractivity contribution < 1.29 is 18.4 Å². The Morgan fingerprint density at radius 1 is 1.04 bits per heavy atom. The molecule has 0 saturated carbocycles. The third-order valence-electron chi connectivity index (χ3n) is 4.39. The Hall–Kier alpha value is -2.80. The lowest BCUT2D eigenvalue weighted by atomic mass is 10.0. The molecule has 5 nitrogen and oxygen atoms in total. The molecular weight excluding hydrogens is 340 g/mol. The van der Waals surface area contributed by atoms with E-state index in [0.29, 0.717) is 16.8 Å². The van der Waals surface area contributed by atoms with Crippen LogP contribution in [0, 0.1) is 0 Å². The van der Waals surface area contributed by atoms with Crippen LogP contribution >= 0.6 is 0 Å². The molecule has 1 unspecified atom stereocenters. The number of halogens is 2. The lowest BCUT2D eigenvalue weighted by molar-refractivity contribution is -0.0662. The maximum Gasteiger partial charge on any atom is 0.266 e. The molecule has 0 aromatic heterocycles. The van der Waals surface area contributed by atoms with E-state index in [4.69, 9.17) is 5.73 Å². The zero-order chi connectivity index (χ0) is 18.7. The fraction of sp³-hybridized carbons (Fsp3) is 0.263. The quantitative estimate of drug-likeness (QED) is 0.885. The van der Waals surface area contributed by atoms with Gasteiger partial charge in [-0.1, -0.05) is 18.2 Å². The molecule has 1 atom stereocenters. The number of piperidine rings is 1. The molecule has 1 aliphatic rings. The highest BCUT2D eigenvalue weighted by molar-refractivity contribution is 6.04. The zero-order valence-electron chi connectivity index (χ0n) is 14.0. The third-order valence-corrected chi connectivity index (χ3v) is 4.39. The first-order chi connectivity index (χ1) is 12.4. The number of nitrogens with one attached hydrogen (secondary N) is 1. The van der Waals surface area contributed by atoms with Gasteiger partial charge in [-0.25, -0.2) is 8.78 Å². The summed E-state index contributed by atoms with van der Waals surface area (Å²) >= 11 is 0. The Kier molecular flexibility index (Phi) is 4.99. The van der Waals surface area contributed by atoms with Crippen molar-refractivity contribution in [2.75, 3.05) is 18.4 Å². The fourth-order valence-corrected chi connectivity index (χ4v) is 2.79.